The molecule has 0 atom stereocenters. The van der Waals surface area contributed by atoms with Crippen molar-refractivity contribution in [2.45, 2.75) is 25.9 Å². The van der Waals surface area contributed by atoms with E-state index in [1.807, 2.05) is 7.05 Å². The topological polar surface area (TPSA) is 15.3 Å². The largest absolute Gasteiger partial charge is 0.367 e. The molecule has 0 radical (unpaired) electrons. The molecule has 0 aromatic heterocycles. The zero-order valence-corrected chi connectivity index (χ0v) is 12.1. The first-order valence-corrected chi connectivity index (χ1v) is 7.42. The first-order chi connectivity index (χ1) is 9.88. The molecule has 20 heavy (non-hydrogen) atoms. The maximum Gasteiger partial charge on any atom is 0.0432 e. The van der Waals surface area contributed by atoms with Crippen LogP contribution in [0.15, 0.2) is 48.5 Å². The lowest BCUT2D eigenvalue weighted by atomic mass is 10.0. The molecule has 1 aliphatic rings. The van der Waals surface area contributed by atoms with Gasteiger partial charge in [0.2, 0.25) is 0 Å². The number of fused-ring (bicyclic) bond motifs is 1. The number of hydrogen-bond acceptors (Lipinski definition) is 2. The van der Waals surface area contributed by atoms with Gasteiger partial charge in [0.05, 0.1) is 0 Å². The Morgan fingerprint density at radius 3 is 2.60 bits per heavy atom. The number of aryl methyl sites for hydroxylation is 1. The number of nitrogens with zero attached hydrogens (tertiary/aromatic N) is 1. The molecule has 2 aromatic carbocycles. The van der Waals surface area contributed by atoms with Crippen LogP contribution < -0.4 is 10.2 Å². The molecule has 0 spiro atoms. The van der Waals surface area contributed by atoms with E-state index in [9.17, 15) is 0 Å². The van der Waals surface area contributed by atoms with Crippen molar-refractivity contribution < 1.29 is 0 Å². The third-order valence-electron chi connectivity index (χ3n) is 4.05. The molecule has 0 bridgehead atoms. The fourth-order valence-electron chi connectivity index (χ4n) is 3.07. The van der Waals surface area contributed by atoms with E-state index >= 15 is 0 Å². The minimum absolute atomic E-state index is 0.925. The van der Waals surface area contributed by atoms with Crippen LogP contribution in [0, 0.1) is 0 Å². The predicted octanol–water partition coefficient (Wildman–Crippen LogP) is 3.36. The van der Waals surface area contributed by atoms with Gasteiger partial charge in [0, 0.05) is 25.3 Å². The second-order valence-electron chi connectivity index (χ2n) is 5.45. The van der Waals surface area contributed by atoms with Crippen molar-refractivity contribution in [2.24, 2.45) is 0 Å². The Balaban J connectivity index is 1.91. The lowest BCUT2D eigenvalue weighted by Crippen LogP contribution is -2.24. The van der Waals surface area contributed by atoms with E-state index in [4.69, 9.17) is 0 Å². The summed E-state index contributed by atoms with van der Waals surface area (Å²) in [5, 5.41) is 3.27. The second-order valence-corrected chi connectivity index (χ2v) is 5.45. The zero-order valence-electron chi connectivity index (χ0n) is 12.1. The quantitative estimate of drug-likeness (QED) is 0.916. The SMILES string of the molecule is CNCc1ccccc1N1CCCc2ccccc2C1. The van der Waals surface area contributed by atoms with Gasteiger partial charge in [-0.25, -0.2) is 0 Å². The first kappa shape index (κ1) is 13.2. The average Bonchev–Trinajstić information content (AvgIpc) is 2.70. The number of anilines is 1. The summed E-state index contributed by atoms with van der Waals surface area (Å²) in [4.78, 5) is 2.53. The molecule has 1 N–H and O–H groups in total. The molecule has 3 rings (SSSR count). The molecule has 2 aromatic rings. The van der Waals surface area contributed by atoms with E-state index in [0.717, 1.165) is 19.6 Å². The summed E-state index contributed by atoms with van der Waals surface area (Å²) in [6.45, 7) is 3.08. The van der Waals surface area contributed by atoms with E-state index in [2.05, 4.69) is 58.7 Å². The Bertz CT molecular complexity index is 577. The van der Waals surface area contributed by atoms with Crippen molar-refractivity contribution in [1.82, 2.24) is 5.32 Å². The van der Waals surface area contributed by atoms with Crippen LogP contribution in [0.1, 0.15) is 23.1 Å². The average molecular weight is 266 g/mol. The van der Waals surface area contributed by atoms with Gasteiger partial charge in [-0.15, -0.1) is 0 Å². The van der Waals surface area contributed by atoms with Crippen molar-refractivity contribution in [3.8, 4) is 0 Å². The maximum absolute atomic E-state index is 3.27. The number of benzene rings is 2. The Morgan fingerprint density at radius 1 is 1.00 bits per heavy atom. The van der Waals surface area contributed by atoms with Crippen LogP contribution in [-0.2, 0) is 19.5 Å². The van der Waals surface area contributed by atoms with Crippen LogP contribution in [-0.4, -0.2) is 13.6 Å². The molecule has 0 saturated heterocycles. The van der Waals surface area contributed by atoms with Crippen molar-refractivity contribution >= 4 is 5.69 Å². The normalized spacial score (nSPS) is 14.8. The number of hydrogen-bond donors (Lipinski definition) is 1. The van der Waals surface area contributed by atoms with Gasteiger partial charge < -0.3 is 10.2 Å². The summed E-state index contributed by atoms with van der Waals surface area (Å²) in [5.74, 6) is 0. The highest BCUT2D eigenvalue weighted by atomic mass is 15.1. The molecule has 0 aliphatic carbocycles. The highest BCUT2D eigenvalue weighted by Crippen LogP contribution is 2.26. The van der Waals surface area contributed by atoms with E-state index in [0.29, 0.717) is 0 Å². The lowest BCUT2D eigenvalue weighted by Gasteiger charge is -2.26. The first-order valence-electron chi connectivity index (χ1n) is 7.42. The molecule has 0 unspecified atom stereocenters. The van der Waals surface area contributed by atoms with Gasteiger partial charge in [-0.3, -0.25) is 0 Å². The Morgan fingerprint density at radius 2 is 1.75 bits per heavy atom. The van der Waals surface area contributed by atoms with Gasteiger partial charge in [0.15, 0.2) is 0 Å². The van der Waals surface area contributed by atoms with Crippen molar-refractivity contribution in [1.29, 1.82) is 0 Å². The molecule has 0 fully saturated rings. The Kier molecular flexibility index (Phi) is 4.03. The Hall–Kier alpha value is -1.80. The molecule has 104 valence electrons. The second kappa shape index (κ2) is 6.10. The van der Waals surface area contributed by atoms with E-state index in [-0.39, 0.29) is 0 Å². The van der Waals surface area contributed by atoms with E-state index in [1.165, 1.54) is 35.2 Å². The van der Waals surface area contributed by atoms with Crippen LogP contribution >= 0.6 is 0 Å². The zero-order chi connectivity index (χ0) is 13.8. The number of nitrogens with one attached hydrogen (secondary N) is 1. The molecule has 0 saturated carbocycles. The maximum atomic E-state index is 3.27. The molecule has 1 aliphatic heterocycles. The number of para-hydroxylation sites is 1. The van der Waals surface area contributed by atoms with Crippen LogP contribution in [0.2, 0.25) is 0 Å². The van der Waals surface area contributed by atoms with E-state index in [1.54, 1.807) is 0 Å². The summed E-state index contributed by atoms with van der Waals surface area (Å²) in [6.07, 6.45) is 2.42. The van der Waals surface area contributed by atoms with Gasteiger partial charge in [0.1, 0.15) is 0 Å². The van der Waals surface area contributed by atoms with Crippen LogP contribution in [0.4, 0.5) is 5.69 Å². The van der Waals surface area contributed by atoms with Gasteiger partial charge in [0.25, 0.3) is 0 Å². The molecule has 2 nitrogen and oxygen atoms in total. The molecular weight excluding hydrogens is 244 g/mol. The van der Waals surface area contributed by atoms with Gasteiger partial charge in [-0.1, -0.05) is 42.5 Å². The monoisotopic (exact) mass is 266 g/mol. The smallest absolute Gasteiger partial charge is 0.0432 e. The molecular formula is C18H22N2. The van der Waals surface area contributed by atoms with Crippen molar-refractivity contribution in [2.75, 3.05) is 18.5 Å². The van der Waals surface area contributed by atoms with Gasteiger partial charge in [-0.05, 0) is 42.6 Å². The highest BCUT2D eigenvalue weighted by molar-refractivity contribution is 5.54. The van der Waals surface area contributed by atoms with Crippen LogP contribution in [0.5, 0.6) is 0 Å². The molecule has 2 heteroatoms. The standard InChI is InChI=1S/C18H22N2/c1-19-13-16-8-4-5-11-18(16)20-12-6-10-15-7-2-3-9-17(15)14-20/h2-5,7-9,11,19H,6,10,12-14H2,1H3. The third-order valence-corrected chi connectivity index (χ3v) is 4.05. The summed E-state index contributed by atoms with van der Waals surface area (Å²) < 4.78 is 0. The van der Waals surface area contributed by atoms with Crippen LogP contribution in [0.3, 0.4) is 0 Å². The lowest BCUT2D eigenvalue weighted by molar-refractivity contribution is 0.749. The highest BCUT2D eigenvalue weighted by Gasteiger charge is 2.16. The third kappa shape index (κ3) is 2.70. The molecule has 0 amide bonds. The summed E-state index contributed by atoms with van der Waals surface area (Å²) >= 11 is 0. The summed E-state index contributed by atoms with van der Waals surface area (Å²) in [5.41, 5.74) is 5.75. The minimum atomic E-state index is 0.925. The van der Waals surface area contributed by atoms with Gasteiger partial charge >= 0.3 is 0 Å². The fourth-order valence-corrected chi connectivity index (χ4v) is 3.07. The van der Waals surface area contributed by atoms with Crippen molar-refractivity contribution in [3.05, 3.63) is 65.2 Å². The Labute approximate surface area is 121 Å². The summed E-state index contributed by atoms with van der Waals surface area (Å²) in [7, 11) is 2.01. The van der Waals surface area contributed by atoms with Gasteiger partial charge in [-0.2, -0.15) is 0 Å². The predicted molar refractivity (Wildman–Crippen MR) is 85.0 cm³/mol. The summed E-state index contributed by atoms with van der Waals surface area (Å²) in [6, 6.07) is 17.6. The molecule has 1 heterocycles. The van der Waals surface area contributed by atoms with Crippen molar-refractivity contribution in [3.63, 3.8) is 0 Å². The van der Waals surface area contributed by atoms with E-state index < -0.39 is 0 Å². The minimum Gasteiger partial charge on any atom is -0.367 e. The number of rotatable bonds is 3. The van der Waals surface area contributed by atoms with Crippen LogP contribution in [0.25, 0.3) is 0 Å². The fraction of sp³-hybridized carbons (Fsp3) is 0.333.